The topological polar surface area (TPSA) is 57.6 Å². The van der Waals surface area contributed by atoms with Crippen molar-refractivity contribution in [2.24, 2.45) is 5.41 Å². The number of hydrogen-bond acceptors (Lipinski definition) is 2. The zero-order valence-corrected chi connectivity index (χ0v) is 11.3. The van der Waals surface area contributed by atoms with E-state index in [4.69, 9.17) is 0 Å². The first kappa shape index (κ1) is 13.6. The third-order valence-electron chi connectivity index (χ3n) is 3.91. The molecule has 1 atom stereocenters. The first-order valence-corrected chi connectivity index (χ1v) is 6.58. The van der Waals surface area contributed by atoms with E-state index in [1.54, 1.807) is 11.8 Å². The highest BCUT2D eigenvalue weighted by atomic mass is 16.4. The standard InChI is InChI=1S/C15H19NO3/c1-3-11-6-4-5-7-12(11)13(17)16-9-8-15(2,10-16)14(18)19/h4-7H,3,8-10H2,1-2H3,(H,18,19). The Balaban J connectivity index is 2.20. The smallest absolute Gasteiger partial charge is 0.311 e. The predicted molar refractivity (Wildman–Crippen MR) is 72.1 cm³/mol. The lowest BCUT2D eigenvalue weighted by atomic mass is 9.90. The highest BCUT2D eigenvalue weighted by Crippen LogP contribution is 2.31. The summed E-state index contributed by atoms with van der Waals surface area (Å²) in [5.41, 5.74) is 0.896. The van der Waals surface area contributed by atoms with Crippen LogP contribution in [0.5, 0.6) is 0 Å². The van der Waals surface area contributed by atoms with Crippen molar-refractivity contribution < 1.29 is 14.7 Å². The van der Waals surface area contributed by atoms with Crippen LogP contribution in [0.3, 0.4) is 0 Å². The maximum absolute atomic E-state index is 12.5. The van der Waals surface area contributed by atoms with Gasteiger partial charge >= 0.3 is 5.97 Å². The van der Waals surface area contributed by atoms with Crippen molar-refractivity contribution >= 4 is 11.9 Å². The normalized spacial score (nSPS) is 22.5. The number of carboxylic acid groups (broad SMARTS) is 1. The summed E-state index contributed by atoms with van der Waals surface area (Å²) in [6.45, 7) is 4.52. The average molecular weight is 261 g/mol. The fraction of sp³-hybridized carbons (Fsp3) is 0.467. The van der Waals surface area contributed by atoms with E-state index < -0.39 is 11.4 Å². The summed E-state index contributed by atoms with van der Waals surface area (Å²) in [5.74, 6) is -0.881. The molecule has 1 saturated heterocycles. The maximum atomic E-state index is 12.5. The quantitative estimate of drug-likeness (QED) is 0.907. The molecule has 0 saturated carbocycles. The van der Waals surface area contributed by atoms with E-state index in [0.29, 0.717) is 25.1 Å². The van der Waals surface area contributed by atoms with E-state index in [1.807, 2.05) is 31.2 Å². The molecule has 0 bridgehead atoms. The molecule has 4 heteroatoms. The summed E-state index contributed by atoms with van der Waals surface area (Å²) in [6, 6.07) is 7.52. The Hall–Kier alpha value is -1.84. The molecule has 1 aliphatic rings. The molecule has 2 rings (SSSR count). The minimum absolute atomic E-state index is 0.0533. The van der Waals surface area contributed by atoms with Crippen LogP contribution in [0.4, 0.5) is 0 Å². The Morgan fingerprint density at radius 1 is 1.37 bits per heavy atom. The van der Waals surface area contributed by atoms with E-state index in [1.165, 1.54) is 0 Å². The van der Waals surface area contributed by atoms with Crippen LogP contribution in [0, 0.1) is 5.41 Å². The lowest BCUT2D eigenvalue weighted by Crippen LogP contribution is -2.35. The number of aryl methyl sites for hydroxylation is 1. The summed E-state index contributed by atoms with van der Waals surface area (Å²) in [5, 5.41) is 9.21. The number of aliphatic carboxylic acids is 1. The zero-order valence-electron chi connectivity index (χ0n) is 11.3. The number of carbonyl (C=O) groups excluding carboxylic acids is 1. The summed E-state index contributed by atoms with van der Waals surface area (Å²) >= 11 is 0. The van der Waals surface area contributed by atoms with Crippen LogP contribution < -0.4 is 0 Å². The molecule has 1 amide bonds. The first-order valence-electron chi connectivity index (χ1n) is 6.58. The van der Waals surface area contributed by atoms with Crippen LogP contribution in [-0.2, 0) is 11.2 Å². The molecule has 1 aliphatic heterocycles. The summed E-state index contributed by atoms with van der Waals surface area (Å²) in [7, 11) is 0. The van der Waals surface area contributed by atoms with Gasteiger partial charge in [-0.05, 0) is 31.4 Å². The van der Waals surface area contributed by atoms with Gasteiger partial charge in [-0.1, -0.05) is 25.1 Å². The molecular weight excluding hydrogens is 242 g/mol. The molecule has 1 N–H and O–H groups in total. The third-order valence-corrected chi connectivity index (χ3v) is 3.91. The second-order valence-corrected chi connectivity index (χ2v) is 5.35. The highest BCUT2D eigenvalue weighted by Gasteiger charge is 2.42. The summed E-state index contributed by atoms with van der Waals surface area (Å²) in [6.07, 6.45) is 1.31. The molecule has 0 spiro atoms. The Morgan fingerprint density at radius 3 is 2.63 bits per heavy atom. The Kier molecular flexibility index (Phi) is 3.60. The number of amides is 1. The van der Waals surface area contributed by atoms with E-state index >= 15 is 0 Å². The Morgan fingerprint density at radius 2 is 2.05 bits per heavy atom. The monoisotopic (exact) mass is 261 g/mol. The molecule has 0 aromatic heterocycles. The number of likely N-dealkylation sites (tertiary alicyclic amines) is 1. The molecule has 1 fully saturated rings. The van der Waals surface area contributed by atoms with E-state index in [0.717, 1.165) is 12.0 Å². The van der Waals surface area contributed by atoms with Gasteiger partial charge in [0, 0.05) is 18.7 Å². The van der Waals surface area contributed by atoms with Crippen molar-refractivity contribution in [3.05, 3.63) is 35.4 Å². The summed E-state index contributed by atoms with van der Waals surface area (Å²) in [4.78, 5) is 25.3. The second-order valence-electron chi connectivity index (χ2n) is 5.35. The number of rotatable bonds is 3. The SMILES string of the molecule is CCc1ccccc1C(=O)N1CCC(C)(C(=O)O)C1. The van der Waals surface area contributed by atoms with Crippen LogP contribution in [0.2, 0.25) is 0 Å². The average Bonchev–Trinajstić information content (AvgIpc) is 2.82. The van der Waals surface area contributed by atoms with E-state index in [9.17, 15) is 14.7 Å². The van der Waals surface area contributed by atoms with Crippen molar-refractivity contribution in [1.29, 1.82) is 0 Å². The van der Waals surface area contributed by atoms with Crippen molar-refractivity contribution in [3.8, 4) is 0 Å². The van der Waals surface area contributed by atoms with Gasteiger partial charge in [-0.15, -0.1) is 0 Å². The van der Waals surface area contributed by atoms with Crippen LogP contribution in [0.25, 0.3) is 0 Å². The fourth-order valence-corrected chi connectivity index (χ4v) is 2.52. The lowest BCUT2D eigenvalue weighted by Gasteiger charge is -2.21. The minimum Gasteiger partial charge on any atom is -0.481 e. The first-order chi connectivity index (χ1) is 8.98. The van der Waals surface area contributed by atoms with Crippen LogP contribution in [0.1, 0.15) is 36.2 Å². The van der Waals surface area contributed by atoms with Gasteiger partial charge in [0.25, 0.3) is 5.91 Å². The molecule has 0 aliphatic carbocycles. The predicted octanol–water partition coefficient (Wildman–Crippen LogP) is 2.19. The van der Waals surface area contributed by atoms with Crippen molar-refractivity contribution in [3.63, 3.8) is 0 Å². The van der Waals surface area contributed by atoms with E-state index in [2.05, 4.69) is 0 Å². The van der Waals surface area contributed by atoms with Gasteiger partial charge in [-0.3, -0.25) is 9.59 Å². The highest BCUT2D eigenvalue weighted by molar-refractivity contribution is 5.96. The van der Waals surface area contributed by atoms with Gasteiger partial charge in [-0.25, -0.2) is 0 Å². The van der Waals surface area contributed by atoms with Gasteiger partial charge in [0.2, 0.25) is 0 Å². The molecule has 102 valence electrons. The van der Waals surface area contributed by atoms with Gasteiger partial charge in [0.05, 0.1) is 5.41 Å². The molecule has 1 aromatic rings. The van der Waals surface area contributed by atoms with Gasteiger partial charge in [0.15, 0.2) is 0 Å². The maximum Gasteiger partial charge on any atom is 0.311 e. The fourth-order valence-electron chi connectivity index (χ4n) is 2.52. The molecule has 19 heavy (non-hydrogen) atoms. The van der Waals surface area contributed by atoms with Crippen LogP contribution >= 0.6 is 0 Å². The van der Waals surface area contributed by atoms with E-state index in [-0.39, 0.29) is 5.91 Å². The second kappa shape index (κ2) is 5.03. The van der Waals surface area contributed by atoms with Gasteiger partial charge in [-0.2, -0.15) is 0 Å². The number of hydrogen-bond donors (Lipinski definition) is 1. The Bertz CT molecular complexity index is 512. The molecule has 4 nitrogen and oxygen atoms in total. The van der Waals surface area contributed by atoms with Crippen LogP contribution in [-0.4, -0.2) is 35.0 Å². The molecular formula is C15H19NO3. The number of carboxylic acids is 1. The Labute approximate surface area is 113 Å². The largest absolute Gasteiger partial charge is 0.481 e. The molecule has 1 aromatic carbocycles. The van der Waals surface area contributed by atoms with Crippen molar-refractivity contribution in [2.45, 2.75) is 26.7 Å². The minimum atomic E-state index is -0.827. The molecule has 0 radical (unpaired) electrons. The molecule has 1 unspecified atom stereocenters. The zero-order chi connectivity index (χ0) is 14.0. The van der Waals surface area contributed by atoms with Crippen LogP contribution in [0.15, 0.2) is 24.3 Å². The van der Waals surface area contributed by atoms with Gasteiger partial charge in [0.1, 0.15) is 0 Å². The number of carbonyl (C=O) groups is 2. The van der Waals surface area contributed by atoms with Crippen molar-refractivity contribution in [2.75, 3.05) is 13.1 Å². The number of benzene rings is 1. The van der Waals surface area contributed by atoms with Gasteiger partial charge < -0.3 is 10.0 Å². The lowest BCUT2D eigenvalue weighted by molar-refractivity contribution is -0.147. The number of nitrogens with zero attached hydrogens (tertiary/aromatic N) is 1. The summed E-state index contributed by atoms with van der Waals surface area (Å²) < 4.78 is 0. The molecule has 1 heterocycles. The third kappa shape index (κ3) is 2.48. The van der Waals surface area contributed by atoms with Crippen molar-refractivity contribution in [1.82, 2.24) is 4.90 Å².